The van der Waals surface area contributed by atoms with Gasteiger partial charge in [0, 0.05) is 28.0 Å². The molecular formula is C17H9Cl2F5N4S. The number of anilines is 2. The second kappa shape index (κ2) is 8.52. The third-order valence-corrected chi connectivity index (χ3v) is 4.26. The molecule has 2 aromatic carbocycles. The van der Waals surface area contributed by atoms with Crippen LogP contribution in [0, 0.1) is 29.1 Å². The van der Waals surface area contributed by atoms with Gasteiger partial charge >= 0.3 is 0 Å². The van der Waals surface area contributed by atoms with Crippen molar-refractivity contribution in [2.75, 3.05) is 10.6 Å². The fraction of sp³-hybridized carbons (Fsp3) is 0.0588. The predicted octanol–water partition coefficient (Wildman–Crippen LogP) is 5.74. The highest BCUT2D eigenvalue weighted by molar-refractivity contribution is 7.80. The normalized spacial score (nSPS) is 10.9. The lowest BCUT2D eigenvalue weighted by Crippen LogP contribution is -2.19. The van der Waals surface area contributed by atoms with E-state index in [1.165, 1.54) is 18.3 Å². The molecular weight excluding hydrogens is 458 g/mol. The van der Waals surface area contributed by atoms with E-state index in [-0.39, 0.29) is 10.9 Å². The lowest BCUT2D eigenvalue weighted by Gasteiger charge is -2.10. The van der Waals surface area contributed by atoms with Crippen molar-refractivity contribution in [3.8, 4) is 0 Å². The van der Waals surface area contributed by atoms with Crippen LogP contribution in [0.15, 0.2) is 30.5 Å². The molecule has 0 fully saturated rings. The van der Waals surface area contributed by atoms with Gasteiger partial charge in [0.05, 0.1) is 12.1 Å². The molecule has 0 aliphatic carbocycles. The second-order valence-corrected chi connectivity index (χ2v) is 6.97. The van der Waals surface area contributed by atoms with Crippen molar-refractivity contribution in [2.24, 2.45) is 0 Å². The Morgan fingerprint density at radius 3 is 2.03 bits per heavy atom. The smallest absolute Gasteiger partial charge is 0.200 e. The zero-order chi connectivity index (χ0) is 21.3. The van der Waals surface area contributed by atoms with Crippen molar-refractivity contribution >= 4 is 52.0 Å². The molecule has 29 heavy (non-hydrogen) atoms. The molecule has 1 heterocycles. The van der Waals surface area contributed by atoms with Crippen LogP contribution in [0.4, 0.5) is 33.5 Å². The van der Waals surface area contributed by atoms with Gasteiger partial charge in [0.25, 0.3) is 0 Å². The Labute approximate surface area is 176 Å². The largest absolute Gasteiger partial charge is 0.332 e. The fourth-order valence-electron chi connectivity index (χ4n) is 2.37. The van der Waals surface area contributed by atoms with Gasteiger partial charge in [-0.05, 0) is 30.4 Å². The summed E-state index contributed by atoms with van der Waals surface area (Å²) >= 11 is 16.9. The number of aromatic nitrogens is 2. The van der Waals surface area contributed by atoms with Crippen LogP contribution in [0.5, 0.6) is 0 Å². The van der Waals surface area contributed by atoms with Crippen LogP contribution in [0.2, 0.25) is 10.0 Å². The average Bonchev–Trinajstić information content (AvgIpc) is 3.08. The first-order valence-corrected chi connectivity index (χ1v) is 8.90. The maximum absolute atomic E-state index is 13.8. The zero-order valence-electron chi connectivity index (χ0n) is 14.0. The van der Waals surface area contributed by atoms with Crippen molar-refractivity contribution in [1.82, 2.24) is 9.78 Å². The van der Waals surface area contributed by atoms with Crippen LogP contribution in [0.1, 0.15) is 5.56 Å². The molecule has 0 aliphatic rings. The molecule has 1 aromatic heterocycles. The van der Waals surface area contributed by atoms with Gasteiger partial charge < -0.3 is 10.6 Å². The van der Waals surface area contributed by atoms with E-state index in [0.29, 0.717) is 15.7 Å². The Morgan fingerprint density at radius 1 is 0.897 bits per heavy atom. The van der Waals surface area contributed by atoms with E-state index < -0.39 is 41.2 Å². The maximum atomic E-state index is 13.8. The Bertz CT molecular complexity index is 1060. The van der Waals surface area contributed by atoms with E-state index in [4.69, 9.17) is 35.4 Å². The summed E-state index contributed by atoms with van der Waals surface area (Å²) in [7, 11) is 0. The highest BCUT2D eigenvalue weighted by atomic mass is 35.5. The molecule has 0 amide bonds. The molecule has 4 nitrogen and oxygen atoms in total. The number of nitrogens with one attached hydrogen (secondary N) is 2. The molecule has 152 valence electrons. The number of nitrogens with zero attached hydrogens (tertiary/aromatic N) is 2. The fourth-order valence-corrected chi connectivity index (χ4v) is 3.12. The van der Waals surface area contributed by atoms with Crippen molar-refractivity contribution in [2.45, 2.75) is 6.54 Å². The van der Waals surface area contributed by atoms with Gasteiger partial charge in [0.15, 0.2) is 34.2 Å². The van der Waals surface area contributed by atoms with Crippen LogP contribution in [0.3, 0.4) is 0 Å². The highest BCUT2D eigenvalue weighted by Crippen LogP contribution is 2.24. The summed E-state index contributed by atoms with van der Waals surface area (Å²) in [6.07, 6.45) is 1.28. The molecule has 0 atom stereocenters. The van der Waals surface area contributed by atoms with Gasteiger partial charge in [-0.3, -0.25) is 4.68 Å². The minimum absolute atomic E-state index is 0.102. The zero-order valence-corrected chi connectivity index (χ0v) is 16.4. The SMILES string of the molecule is Fc1c(F)c(F)c(Cn2ccc(NC(=S)Nc3cc(Cl)cc(Cl)c3)n2)c(F)c1F. The van der Waals surface area contributed by atoms with Gasteiger partial charge in [-0.1, -0.05) is 23.2 Å². The summed E-state index contributed by atoms with van der Waals surface area (Å²) in [6, 6.07) is 6.07. The molecule has 0 aliphatic heterocycles. The molecule has 3 aromatic rings. The topological polar surface area (TPSA) is 41.9 Å². The summed E-state index contributed by atoms with van der Waals surface area (Å²) < 4.78 is 68.3. The van der Waals surface area contributed by atoms with E-state index in [0.717, 1.165) is 4.68 Å². The number of hydrogen-bond acceptors (Lipinski definition) is 2. The Balaban J connectivity index is 1.72. The number of rotatable bonds is 4. The van der Waals surface area contributed by atoms with Gasteiger partial charge in [-0.25, -0.2) is 22.0 Å². The van der Waals surface area contributed by atoms with Crippen LogP contribution < -0.4 is 10.6 Å². The molecule has 0 saturated heterocycles. The van der Waals surface area contributed by atoms with E-state index >= 15 is 0 Å². The Morgan fingerprint density at radius 2 is 1.45 bits per heavy atom. The summed E-state index contributed by atoms with van der Waals surface area (Å²) in [5.74, 6) is -9.92. The van der Waals surface area contributed by atoms with Crippen LogP contribution >= 0.6 is 35.4 Å². The summed E-state index contributed by atoms with van der Waals surface area (Å²) in [5, 5.41) is 10.3. The average molecular weight is 467 g/mol. The van der Waals surface area contributed by atoms with E-state index in [1.807, 2.05) is 0 Å². The lowest BCUT2D eigenvalue weighted by atomic mass is 10.1. The monoisotopic (exact) mass is 466 g/mol. The molecule has 0 radical (unpaired) electrons. The Kier molecular flexibility index (Phi) is 6.25. The van der Waals surface area contributed by atoms with Crippen molar-refractivity contribution in [3.05, 3.63) is 75.2 Å². The molecule has 0 bridgehead atoms. The van der Waals surface area contributed by atoms with Crippen molar-refractivity contribution < 1.29 is 22.0 Å². The maximum Gasteiger partial charge on any atom is 0.200 e. The molecule has 0 saturated carbocycles. The van der Waals surface area contributed by atoms with Gasteiger partial charge in [-0.2, -0.15) is 5.10 Å². The lowest BCUT2D eigenvalue weighted by molar-refractivity contribution is 0.367. The first-order valence-electron chi connectivity index (χ1n) is 7.73. The van der Waals surface area contributed by atoms with E-state index in [9.17, 15) is 22.0 Å². The van der Waals surface area contributed by atoms with Crippen LogP contribution in [0.25, 0.3) is 0 Å². The summed E-state index contributed by atoms with van der Waals surface area (Å²) in [5.41, 5.74) is -0.508. The third-order valence-electron chi connectivity index (χ3n) is 3.62. The second-order valence-electron chi connectivity index (χ2n) is 5.68. The number of halogens is 7. The minimum Gasteiger partial charge on any atom is -0.332 e. The number of hydrogen-bond donors (Lipinski definition) is 2. The third kappa shape index (κ3) is 4.77. The Hall–Kier alpha value is -2.43. The predicted molar refractivity (Wildman–Crippen MR) is 104 cm³/mol. The quantitative estimate of drug-likeness (QED) is 0.222. The van der Waals surface area contributed by atoms with Gasteiger partial charge in [-0.15, -0.1) is 0 Å². The molecule has 0 unspecified atom stereocenters. The standard InChI is InChI=1S/C17H9Cl2F5N4S/c18-7-3-8(19)5-9(4-7)25-17(29)26-11-1-2-28(27-11)6-10-12(20)14(22)16(24)15(23)13(10)21/h1-5H,6H2,(H2,25,26,27,29). The summed E-state index contributed by atoms with van der Waals surface area (Å²) in [4.78, 5) is 0. The minimum atomic E-state index is -2.22. The van der Waals surface area contributed by atoms with Crippen LogP contribution in [-0.4, -0.2) is 14.9 Å². The molecule has 0 spiro atoms. The first-order chi connectivity index (χ1) is 13.7. The number of thiocarbonyl (C=S) groups is 1. The van der Waals surface area contributed by atoms with E-state index in [1.54, 1.807) is 12.1 Å². The molecule has 2 N–H and O–H groups in total. The van der Waals surface area contributed by atoms with Gasteiger partial charge in [0.2, 0.25) is 5.82 Å². The first kappa shape index (κ1) is 21.3. The molecule has 12 heteroatoms. The van der Waals surface area contributed by atoms with Crippen molar-refractivity contribution in [1.29, 1.82) is 0 Å². The number of benzene rings is 2. The summed E-state index contributed by atoms with van der Waals surface area (Å²) in [6.45, 7) is -0.683. The molecule has 3 rings (SSSR count). The van der Waals surface area contributed by atoms with Crippen LogP contribution in [-0.2, 0) is 6.54 Å². The van der Waals surface area contributed by atoms with Gasteiger partial charge in [0.1, 0.15) is 0 Å². The highest BCUT2D eigenvalue weighted by Gasteiger charge is 2.25. The van der Waals surface area contributed by atoms with Crippen molar-refractivity contribution in [3.63, 3.8) is 0 Å². The van der Waals surface area contributed by atoms with E-state index in [2.05, 4.69) is 15.7 Å².